The third-order valence-electron chi connectivity index (χ3n) is 4.47. The molecule has 0 aromatic heterocycles. The number of piperazine rings is 1. The third-order valence-corrected chi connectivity index (χ3v) is 6.36. The van der Waals surface area contributed by atoms with Gasteiger partial charge < -0.3 is 14.5 Å². The topological polar surface area (TPSA) is 70.2 Å². The lowest BCUT2D eigenvalue weighted by molar-refractivity contribution is -0.117. The fourth-order valence-electron chi connectivity index (χ4n) is 3.06. The van der Waals surface area contributed by atoms with Crippen LogP contribution >= 0.6 is 0 Å². The Morgan fingerprint density at radius 1 is 1.21 bits per heavy atom. The summed E-state index contributed by atoms with van der Waals surface area (Å²) in [5.41, 5.74) is 0.623. The third kappa shape index (κ3) is 3.13. The zero-order valence-electron chi connectivity index (χ0n) is 14.2. The van der Waals surface area contributed by atoms with Gasteiger partial charge in [-0.15, -0.1) is 0 Å². The van der Waals surface area contributed by atoms with E-state index < -0.39 is 10.0 Å². The SMILES string of the molecule is CC(=O)N1CC(C)Oc2cc(S(=O)(=O)N3CCN(C)CC3)ccc21. The molecule has 1 saturated heterocycles. The number of rotatable bonds is 2. The van der Waals surface area contributed by atoms with Gasteiger partial charge in [0.1, 0.15) is 11.9 Å². The molecule has 132 valence electrons. The van der Waals surface area contributed by atoms with Gasteiger partial charge in [-0.3, -0.25) is 4.79 Å². The van der Waals surface area contributed by atoms with E-state index in [4.69, 9.17) is 4.74 Å². The van der Waals surface area contributed by atoms with Crippen molar-refractivity contribution in [3.63, 3.8) is 0 Å². The van der Waals surface area contributed by atoms with Crippen molar-refractivity contribution in [1.29, 1.82) is 0 Å². The van der Waals surface area contributed by atoms with Crippen LogP contribution in [0.4, 0.5) is 5.69 Å². The largest absolute Gasteiger partial charge is 0.487 e. The summed E-state index contributed by atoms with van der Waals surface area (Å²) in [5, 5.41) is 0. The van der Waals surface area contributed by atoms with E-state index in [1.807, 2.05) is 14.0 Å². The number of benzene rings is 1. The molecule has 0 N–H and O–H groups in total. The highest BCUT2D eigenvalue weighted by Crippen LogP contribution is 2.36. The molecule has 2 heterocycles. The molecule has 1 unspecified atom stereocenters. The molecule has 24 heavy (non-hydrogen) atoms. The van der Waals surface area contributed by atoms with E-state index in [0.29, 0.717) is 31.1 Å². The number of likely N-dealkylation sites (N-methyl/N-ethyl adjacent to an activating group) is 1. The smallest absolute Gasteiger partial charge is 0.243 e. The fraction of sp³-hybridized carbons (Fsp3) is 0.562. The van der Waals surface area contributed by atoms with Crippen LogP contribution in [0.15, 0.2) is 23.1 Å². The Hall–Kier alpha value is -1.64. The number of fused-ring (bicyclic) bond motifs is 1. The van der Waals surface area contributed by atoms with E-state index >= 15 is 0 Å². The summed E-state index contributed by atoms with van der Waals surface area (Å²) in [5.74, 6) is 0.361. The molecule has 0 radical (unpaired) electrons. The minimum atomic E-state index is -3.55. The number of ether oxygens (including phenoxy) is 1. The summed E-state index contributed by atoms with van der Waals surface area (Å²) in [6.45, 7) is 6.22. The first-order valence-corrected chi connectivity index (χ1v) is 9.50. The summed E-state index contributed by atoms with van der Waals surface area (Å²) >= 11 is 0. The van der Waals surface area contributed by atoms with Gasteiger partial charge in [0.25, 0.3) is 0 Å². The number of hydrogen-bond acceptors (Lipinski definition) is 5. The Morgan fingerprint density at radius 2 is 1.88 bits per heavy atom. The quantitative estimate of drug-likeness (QED) is 0.785. The van der Waals surface area contributed by atoms with Crippen LogP contribution in [0, 0.1) is 0 Å². The van der Waals surface area contributed by atoms with Crippen molar-refractivity contribution >= 4 is 21.6 Å². The van der Waals surface area contributed by atoms with Gasteiger partial charge in [0.15, 0.2) is 0 Å². The van der Waals surface area contributed by atoms with E-state index in [-0.39, 0.29) is 16.9 Å². The van der Waals surface area contributed by atoms with Crippen LogP contribution < -0.4 is 9.64 Å². The maximum atomic E-state index is 12.8. The van der Waals surface area contributed by atoms with Gasteiger partial charge in [0, 0.05) is 39.2 Å². The second kappa shape index (κ2) is 6.34. The van der Waals surface area contributed by atoms with Crippen molar-refractivity contribution in [3.8, 4) is 5.75 Å². The lowest BCUT2D eigenvalue weighted by Gasteiger charge is -2.34. The number of carbonyl (C=O) groups is 1. The van der Waals surface area contributed by atoms with Crippen LogP contribution in [0.5, 0.6) is 5.75 Å². The second-order valence-corrected chi connectivity index (χ2v) is 8.33. The van der Waals surface area contributed by atoms with Crippen LogP contribution in [0.25, 0.3) is 0 Å². The van der Waals surface area contributed by atoms with E-state index in [0.717, 1.165) is 13.1 Å². The first-order chi connectivity index (χ1) is 11.3. The zero-order valence-corrected chi connectivity index (χ0v) is 15.0. The fourth-order valence-corrected chi connectivity index (χ4v) is 4.50. The second-order valence-electron chi connectivity index (χ2n) is 6.39. The van der Waals surface area contributed by atoms with Gasteiger partial charge in [-0.2, -0.15) is 4.31 Å². The minimum absolute atomic E-state index is 0.0823. The molecule has 0 aliphatic carbocycles. The molecule has 0 bridgehead atoms. The number of nitrogens with zero attached hydrogens (tertiary/aromatic N) is 3. The van der Waals surface area contributed by atoms with Crippen molar-refractivity contribution in [2.45, 2.75) is 24.8 Å². The molecule has 3 rings (SSSR count). The number of anilines is 1. The molecule has 2 aliphatic rings. The number of carbonyl (C=O) groups excluding carboxylic acids is 1. The van der Waals surface area contributed by atoms with Gasteiger partial charge >= 0.3 is 0 Å². The van der Waals surface area contributed by atoms with Crippen LogP contribution in [0.2, 0.25) is 0 Å². The van der Waals surface area contributed by atoms with Crippen LogP contribution in [-0.2, 0) is 14.8 Å². The number of sulfonamides is 1. The van der Waals surface area contributed by atoms with Gasteiger partial charge in [0.05, 0.1) is 17.1 Å². The molecule has 1 fully saturated rings. The molecule has 1 aromatic carbocycles. The summed E-state index contributed by atoms with van der Waals surface area (Å²) in [6.07, 6.45) is -0.178. The average Bonchev–Trinajstić information content (AvgIpc) is 2.53. The van der Waals surface area contributed by atoms with E-state index in [1.54, 1.807) is 17.0 Å². The Labute approximate surface area is 142 Å². The summed E-state index contributed by atoms with van der Waals surface area (Å²) in [7, 11) is -1.57. The van der Waals surface area contributed by atoms with Crippen molar-refractivity contribution < 1.29 is 17.9 Å². The van der Waals surface area contributed by atoms with Gasteiger partial charge in [-0.25, -0.2) is 8.42 Å². The van der Waals surface area contributed by atoms with Gasteiger partial charge in [-0.1, -0.05) is 0 Å². The Balaban J connectivity index is 1.93. The Kier molecular flexibility index (Phi) is 4.54. The van der Waals surface area contributed by atoms with Gasteiger partial charge in [-0.05, 0) is 26.1 Å². The molecule has 1 atom stereocenters. The molecular weight excluding hydrogens is 330 g/mol. The van der Waals surface area contributed by atoms with E-state index in [2.05, 4.69) is 4.90 Å². The van der Waals surface area contributed by atoms with Crippen LogP contribution in [-0.4, -0.2) is 69.4 Å². The van der Waals surface area contributed by atoms with E-state index in [9.17, 15) is 13.2 Å². The molecule has 8 heteroatoms. The van der Waals surface area contributed by atoms with Gasteiger partial charge in [0.2, 0.25) is 15.9 Å². The summed E-state index contributed by atoms with van der Waals surface area (Å²) in [6, 6.07) is 4.75. The highest BCUT2D eigenvalue weighted by Gasteiger charge is 2.31. The highest BCUT2D eigenvalue weighted by atomic mass is 32.2. The van der Waals surface area contributed by atoms with Crippen molar-refractivity contribution in [2.75, 3.05) is 44.7 Å². The molecule has 0 spiro atoms. The van der Waals surface area contributed by atoms with Crippen LogP contribution in [0.1, 0.15) is 13.8 Å². The Bertz CT molecular complexity index is 742. The predicted molar refractivity (Wildman–Crippen MR) is 90.8 cm³/mol. The highest BCUT2D eigenvalue weighted by molar-refractivity contribution is 7.89. The monoisotopic (exact) mass is 353 g/mol. The number of hydrogen-bond donors (Lipinski definition) is 0. The molecule has 2 aliphatic heterocycles. The first kappa shape index (κ1) is 17.2. The average molecular weight is 353 g/mol. The van der Waals surface area contributed by atoms with Crippen molar-refractivity contribution in [2.24, 2.45) is 0 Å². The maximum absolute atomic E-state index is 12.8. The predicted octanol–water partition coefficient (Wildman–Crippen LogP) is 0.757. The molecule has 1 amide bonds. The Morgan fingerprint density at radius 3 is 2.50 bits per heavy atom. The lowest BCUT2D eigenvalue weighted by atomic mass is 10.2. The number of amides is 1. The van der Waals surface area contributed by atoms with E-state index in [1.165, 1.54) is 17.3 Å². The van der Waals surface area contributed by atoms with Crippen LogP contribution in [0.3, 0.4) is 0 Å². The minimum Gasteiger partial charge on any atom is -0.487 e. The normalized spacial score (nSPS) is 22.8. The molecule has 0 saturated carbocycles. The first-order valence-electron chi connectivity index (χ1n) is 8.06. The molecular formula is C16H23N3O4S. The molecule has 7 nitrogen and oxygen atoms in total. The van der Waals surface area contributed by atoms with Crippen molar-refractivity contribution in [1.82, 2.24) is 9.21 Å². The molecule has 1 aromatic rings. The van der Waals surface area contributed by atoms with Crippen molar-refractivity contribution in [3.05, 3.63) is 18.2 Å². The summed E-state index contributed by atoms with van der Waals surface area (Å²) in [4.78, 5) is 15.7. The maximum Gasteiger partial charge on any atom is 0.243 e. The standard InChI is InChI=1S/C16H23N3O4S/c1-12-11-19(13(2)20)15-5-4-14(10-16(15)23-12)24(21,22)18-8-6-17(3)7-9-18/h4-5,10,12H,6-9,11H2,1-3H3. The zero-order chi connectivity index (χ0) is 17.5. The lowest BCUT2D eigenvalue weighted by Crippen LogP contribution is -2.47. The summed E-state index contributed by atoms with van der Waals surface area (Å²) < 4.78 is 33.0.